The lowest BCUT2D eigenvalue weighted by Gasteiger charge is -2.14. The second-order valence-corrected chi connectivity index (χ2v) is 6.19. The van der Waals surface area contributed by atoms with Crippen LogP contribution in [0.3, 0.4) is 0 Å². The van der Waals surface area contributed by atoms with E-state index in [0.717, 1.165) is 53.6 Å². The SMILES string of the molecule is S=C(NCC1CCCO1)Nc1ccc2c(c1)oc1ccccc12. The summed E-state index contributed by atoms with van der Waals surface area (Å²) in [6, 6.07) is 14.1. The molecule has 2 N–H and O–H groups in total. The van der Waals surface area contributed by atoms with Gasteiger partial charge in [0.1, 0.15) is 11.2 Å². The van der Waals surface area contributed by atoms with Crippen LogP contribution in [0, 0.1) is 0 Å². The van der Waals surface area contributed by atoms with Crippen LogP contribution < -0.4 is 10.6 Å². The first-order valence-corrected chi connectivity index (χ1v) is 8.28. The molecule has 1 atom stereocenters. The van der Waals surface area contributed by atoms with Gasteiger partial charge in [0.25, 0.3) is 0 Å². The average molecular weight is 326 g/mol. The Hall–Kier alpha value is -2.11. The molecule has 2 heterocycles. The molecule has 0 amide bonds. The van der Waals surface area contributed by atoms with Gasteiger partial charge in [0.05, 0.1) is 6.10 Å². The highest BCUT2D eigenvalue weighted by atomic mass is 32.1. The zero-order valence-electron chi connectivity index (χ0n) is 12.7. The minimum Gasteiger partial charge on any atom is -0.456 e. The van der Waals surface area contributed by atoms with E-state index in [0.29, 0.717) is 5.11 Å². The van der Waals surface area contributed by atoms with Gasteiger partial charge >= 0.3 is 0 Å². The van der Waals surface area contributed by atoms with Gasteiger partial charge < -0.3 is 19.8 Å². The van der Waals surface area contributed by atoms with Crippen LogP contribution in [0.1, 0.15) is 12.8 Å². The molecule has 1 unspecified atom stereocenters. The number of para-hydroxylation sites is 1. The van der Waals surface area contributed by atoms with Crippen molar-refractivity contribution in [3.8, 4) is 0 Å². The van der Waals surface area contributed by atoms with E-state index >= 15 is 0 Å². The molecule has 118 valence electrons. The van der Waals surface area contributed by atoms with Gasteiger partial charge in [-0.3, -0.25) is 0 Å². The molecule has 3 aromatic rings. The molecule has 23 heavy (non-hydrogen) atoms. The summed E-state index contributed by atoms with van der Waals surface area (Å²) in [5.74, 6) is 0. The third-order valence-corrected chi connectivity index (χ3v) is 4.40. The quantitative estimate of drug-likeness (QED) is 0.711. The van der Waals surface area contributed by atoms with Crippen LogP contribution in [0.5, 0.6) is 0 Å². The summed E-state index contributed by atoms with van der Waals surface area (Å²) < 4.78 is 11.5. The van der Waals surface area contributed by atoms with Crippen molar-refractivity contribution in [3.05, 3.63) is 42.5 Å². The topological polar surface area (TPSA) is 46.4 Å². The van der Waals surface area contributed by atoms with Gasteiger partial charge in [-0.1, -0.05) is 18.2 Å². The molecule has 1 fully saturated rings. The maximum absolute atomic E-state index is 5.89. The van der Waals surface area contributed by atoms with Gasteiger partial charge in [0, 0.05) is 35.7 Å². The minimum atomic E-state index is 0.271. The Bertz CT molecular complexity index is 852. The van der Waals surface area contributed by atoms with Crippen LogP contribution in [0.25, 0.3) is 21.9 Å². The lowest BCUT2D eigenvalue weighted by atomic mass is 10.1. The summed E-state index contributed by atoms with van der Waals surface area (Å²) in [5.41, 5.74) is 2.68. The number of hydrogen-bond acceptors (Lipinski definition) is 3. The molecule has 4 rings (SSSR count). The van der Waals surface area contributed by atoms with E-state index in [1.165, 1.54) is 0 Å². The van der Waals surface area contributed by atoms with Gasteiger partial charge in [-0.2, -0.15) is 0 Å². The lowest BCUT2D eigenvalue weighted by molar-refractivity contribution is 0.114. The molecule has 0 aliphatic carbocycles. The molecule has 1 aromatic heterocycles. The van der Waals surface area contributed by atoms with Crippen molar-refractivity contribution in [3.63, 3.8) is 0 Å². The van der Waals surface area contributed by atoms with Crippen molar-refractivity contribution in [1.82, 2.24) is 5.32 Å². The van der Waals surface area contributed by atoms with Crippen LogP contribution in [0.2, 0.25) is 0 Å². The van der Waals surface area contributed by atoms with E-state index < -0.39 is 0 Å². The fourth-order valence-corrected chi connectivity index (χ4v) is 3.19. The van der Waals surface area contributed by atoms with Crippen molar-refractivity contribution in [2.45, 2.75) is 18.9 Å². The molecule has 4 nitrogen and oxygen atoms in total. The Morgan fingerprint density at radius 2 is 2.00 bits per heavy atom. The van der Waals surface area contributed by atoms with E-state index in [1.807, 2.05) is 30.3 Å². The van der Waals surface area contributed by atoms with Crippen molar-refractivity contribution in [2.75, 3.05) is 18.5 Å². The van der Waals surface area contributed by atoms with Gasteiger partial charge in [-0.05, 0) is 43.3 Å². The standard InChI is InChI=1S/C18H18N2O2S/c23-18(19-11-13-4-3-9-21-13)20-12-7-8-15-14-5-1-2-6-16(14)22-17(15)10-12/h1-2,5-8,10,13H,3-4,9,11H2,(H2,19,20,23). The lowest BCUT2D eigenvalue weighted by Crippen LogP contribution is -2.34. The number of ether oxygens (including phenoxy) is 1. The van der Waals surface area contributed by atoms with E-state index in [1.54, 1.807) is 0 Å². The first-order chi connectivity index (χ1) is 11.3. The fourth-order valence-electron chi connectivity index (χ4n) is 2.99. The predicted molar refractivity (Wildman–Crippen MR) is 96.9 cm³/mol. The Morgan fingerprint density at radius 3 is 2.87 bits per heavy atom. The third kappa shape index (κ3) is 3.02. The number of benzene rings is 2. The maximum Gasteiger partial charge on any atom is 0.170 e. The first-order valence-electron chi connectivity index (χ1n) is 7.87. The summed E-state index contributed by atoms with van der Waals surface area (Å²) in [5, 5.41) is 9.27. The molecule has 1 saturated heterocycles. The zero-order chi connectivity index (χ0) is 15.6. The Morgan fingerprint density at radius 1 is 1.13 bits per heavy atom. The van der Waals surface area contributed by atoms with Crippen molar-refractivity contribution in [1.29, 1.82) is 0 Å². The van der Waals surface area contributed by atoms with Crippen molar-refractivity contribution in [2.24, 2.45) is 0 Å². The number of nitrogens with one attached hydrogen (secondary N) is 2. The fraction of sp³-hybridized carbons (Fsp3) is 0.278. The van der Waals surface area contributed by atoms with Gasteiger partial charge in [0.2, 0.25) is 0 Å². The number of rotatable bonds is 3. The molecule has 1 aliphatic rings. The molecular formula is C18H18N2O2S. The van der Waals surface area contributed by atoms with Crippen LogP contribution in [0.15, 0.2) is 46.9 Å². The average Bonchev–Trinajstić information content (AvgIpc) is 3.20. The smallest absolute Gasteiger partial charge is 0.170 e. The van der Waals surface area contributed by atoms with E-state index in [9.17, 15) is 0 Å². The predicted octanol–water partition coefficient (Wildman–Crippen LogP) is 4.05. The summed E-state index contributed by atoms with van der Waals surface area (Å²) in [6.45, 7) is 1.61. The van der Waals surface area contributed by atoms with Crippen LogP contribution in [-0.2, 0) is 4.74 Å². The van der Waals surface area contributed by atoms with E-state index in [-0.39, 0.29) is 6.10 Å². The monoisotopic (exact) mass is 326 g/mol. The first kappa shape index (κ1) is 14.5. The molecule has 0 radical (unpaired) electrons. The number of furan rings is 1. The summed E-state index contributed by atoms with van der Waals surface area (Å²) in [6.07, 6.45) is 2.50. The number of thiocarbonyl (C=S) groups is 1. The van der Waals surface area contributed by atoms with Gasteiger partial charge in [-0.25, -0.2) is 0 Å². The van der Waals surface area contributed by atoms with Crippen molar-refractivity contribution < 1.29 is 9.15 Å². The molecular weight excluding hydrogens is 308 g/mol. The van der Waals surface area contributed by atoms with Gasteiger partial charge in [0.15, 0.2) is 5.11 Å². The van der Waals surface area contributed by atoms with E-state index in [2.05, 4.69) is 22.8 Å². The zero-order valence-corrected chi connectivity index (χ0v) is 13.5. The van der Waals surface area contributed by atoms with Crippen LogP contribution in [0.4, 0.5) is 5.69 Å². The Labute approximate surface area is 139 Å². The van der Waals surface area contributed by atoms with Gasteiger partial charge in [-0.15, -0.1) is 0 Å². The van der Waals surface area contributed by atoms with Crippen LogP contribution >= 0.6 is 12.2 Å². The number of fused-ring (bicyclic) bond motifs is 3. The van der Waals surface area contributed by atoms with Crippen molar-refractivity contribution >= 4 is 45.0 Å². The Balaban J connectivity index is 1.48. The minimum absolute atomic E-state index is 0.271. The summed E-state index contributed by atoms with van der Waals surface area (Å²) >= 11 is 5.35. The third-order valence-electron chi connectivity index (χ3n) is 4.15. The Kier molecular flexibility index (Phi) is 3.89. The second kappa shape index (κ2) is 6.18. The molecule has 2 aromatic carbocycles. The van der Waals surface area contributed by atoms with Crippen LogP contribution in [-0.4, -0.2) is 24.4 Å². The molecule has 0 spiro atoms. The number of hydrogen-bond donors (Lipinski definition) is 2. The normalized spacial score (nSPS) is 17.7. The molecule has 0 saturated carbocycles. The highest BCUT2D eigenvalue weighted by Crippen LogP contribution is 2.30. The second-order valence-electron chi connectivity index (χ2n) is 5.78. The maximum atomic E-state index is 5.89. The summed E-state index contributed by atoms with van der Waals surface area (Å²) in [7, 11) is 0. The molecule has 1 aliphatic heterocycles. The molecule has 0 bridgehead atoms. The number of anilines is 1. The molecule has 5 heteroatoms. The summed E-state index contributed by atoms with van der Waals surface area (Å²) in [4.78, 5) is 0. The highest BCUT2D eigenvalue weighted by Gasteiger charge is 2.15. The van der Waals surface area contributed by atoms with E-state index in [4.69, 9.17) is 21.4 Å². The highest BCUT2D eigenvalue weighted by molar-refractivity contribution is 7.80. The largest absolute Gasteiger partial charge is 0.456 e.